The number of hydrogen-bond acceptors (Lipinski definition) is 3. The summed E-state index contributed by atoms with van der Waals surface area (Å²) in [5.41, 5.74) is 2.47. The van der Waals surface area contributed by atoms with Crippen LogP contribution >= 0.6 is 0 Å². The van der Waals surface area contributed by atoms with Crippen molar-refractivity contribution in [3.05, 3.63) is 53.0 Å². The van der Waals surface area contributed by atoms with Gasteiger partial charge in [-0.2, -0.15) is 0 Å². The predicted octanol–water partition coefficient (Wildman–Crippen LogP) is 3.41. The number of ether oxygens (including phenoxy) is 1. The van der Waals surface area contributed by atoms with Gasteiger partial charge in [0.1, 0.15) is 17.3 Å². The van der Waals surface area contributed by atoms with E-state index in [2.05, 4.69) is 23.5 Å². The third-order valence-electron chi connectivity index (χ3n) is 3.38. The molecule has 2 aromatic rings. The first-order chi connectivity index (χ1) is 9.13. The van der Waals surface area contributed by atoms with E-state index in [1.165, 1.54) is 11.1 Å². The molecule has 0 saturated heterocycles. The smallest absolute Gasteiger partial charge is 0.119 e. The van der Waals surface area contributed by atoms with Crippen molar-refractivity contribution in [3.8, 4) is 5.75 Å². The lowest BCUT2D eigenvalue weighted by molar-refractivity contribution is 0.414. The minimum absolute atomic E-state index is 0.254. The Kier molecular flexibility index (Phi) is 4.27. The fourth-order valence-electron chi connectivity index (χ4n) is 2.40. The molecule has 1 atom stereocenters. The molecule has 2 rings (SSSR count). The molecule has 0 saturated carbocycles. The normalized spacial score (nSPS) is 12.4. The first kappa shape index (κ1) is 13.7. The Morgan fingerprint density at radius 1 is 1.26 bits per heavy atom. The maximum absolute atomic E-state index is 5.62. The van der Waals surface area contributed by atoms with Crippen molar-refractivity contribution in [2.24, 2.45) is 0 Å². The number of aryl methyl sites for hydroxylation is 2. The minimum Gasteiger partial charge on any atom is -0.497 e. The number of hydrogen-bond donors (Lipinski definition) is 1. The van der Waals surface area contributed by atoms with Gasteiger partial charge in [-0.15, -0.1) is 0 Å². The van der Waals surface area contributed by atoms with Crippen LogP contribution in [0.1, 0.15) is 28.7 Å². The molecule has 1 aromatic heterocycles. The molecule has 19 heavy (non-hydrogen) atoms. The van der Waals surface area contributed by atoms with Gasteiger partial charge in [0.2, 0.25) is 0 Å². The highest BCUT2D eigenvalue weighted by Crippen LogP contribution is 2.25. The molecule has 0 aliphatic carbocycles. The molecule has 0 aliphatic heterocycles. The van der Waals surface area contributed by atoms with Gasteiger partial charge in [0.15, 0.2) is 0 Å². The van der Waals surface area contributed by atoms with Crippen molar-refractivity contribution >= 4 is 0 Å². The van der Waals surface area contributed by atoms with Gasteiger partial charge in [0.25, 0.3) is 0 Å². The zero-order valence-corrected chi connectivity index (χ0v) is 12.0. The highest BCUT2D eigenvalue weighted by Gasteiger charge is 2.16. The number of rotatable bonds is 5. The summed E-state index contributed by atoms with van der Waals surface area (Å²) in [4.78, 5) is 0. The van der Waals surface area contributed by atoms with Gasteiger partial charge < -0.3 is 14.5 Å². The van der Waals surface area contributed by atoms with Crippen molar-refractivity contribution in [2.75, 3.05) is 14.2 Å². The maximum atomic E-state index is 5.62. The molecule has 3 heteroatoms. The van der Waals surface area contributed by atoms with Crippen molar-refractivity contribution < 1.29 is 9.15 Å². The molecule has 1 aromatic carbocycles. The fourth-order valence-corrected chi connectivity index (χ4v) is 2.40. The Hall–Kier alpha value is -1.74. The molecule has 1 unspecified atom stereocenters. The summed E-state index contributed by atoms with van der Waals surface area (Å²) < 4.78 is 10.9. The van der Waals surface area contributed by atoms with E-state index >= 15 is 0 Å². The van der Waals surface area contributed by atoms with Crippen LogP contribution in [-0.4, -0.2) is 14.2 Å². The van der Waals surface area contributed by atoms with Gasteiger partial charge in [-0.1, -0.05) is 12.1 Å². The molecule has 0 radical (unpaired) electrons. The van der Waals surface area contributed by atoms with E-state index in [9.17, 15) is 0 Å². The van der Waals surface area contributed by atoms with E-state index in [1.807, 2.05) is 33.0 Å². The first-order valence-electron chi connectivity index (χ1n) is 6.51. The average molecular weight is 259 g/mol. The Labute approximate surface area is 114 Å². The fraction of sp³-hybridized carbons (Fsp3) is 0.375. The Bertz CT molecular complexity index is 545. The zero-order chi connectivity index (χ0) is 13.8. The molecule has 102 valence electrons. The van der Waals surface area contributed by atoms with Gasteiger partial charge in [-0.3, -0.25) is 0 Å². The maximum Gasteiger partial charge on any atom is 0.119 e. The van der Waals surface area contributed by atoms with Crippen LogP contribution in [0.2, 0.25) is 0 Å². The largest absolute Gasteiger partial charge is 0.497 e. The number of benzene rings is 1. The second-order valence-electron chi connectivity index (χ2n) is 4.77. The molecule has 3 nitrogen and oxygen atoms in total. The number of likely N-dealkylation sites (N-methyl/N-ethyl adjacent to an activating group) is 1. The minimum atomic E-state index is 0.254. The third-order valence-corrected chi connectivity index (χ3v) is 3.38. The van der Waals surface area contributed by atoms with Crippen LogP contribution in [0, 0.1) is 13.8 Å². The van der Waals surface area contributed by atoms with Gasteiger partial charge >= 0.3 is 0 Å². The zero-order valence-electron chi connectivity index (χ0n) is 12.0. The van der Waals surface area contributed by atoms with Gasteiger partial charge in [0.05, 0.1) is 7.11 Å². The van der Waals surface area contributed by atoms with Crippen LogP contribution in [0.3, 0.4) is 0 Å². The summed E-state index contributed by atoms with van der Waals surface area (Å²) in [7, 11) is 3.67. The van der Waals surface area contributed by atoms with Crippen molar-refractivity contribution in [2.45, 2.75) is 26.3 Å². The van der Waals surface area contributed by atoms with Crippen LogP contribution < -0.4 is 10.1 Å². The molecule has 0 bridgehead atoms. The predicted molar refractivity (Wildman–Crippen MR) is 76.7 cm³/mol. The summed E-state index contributed by atoms with van der Waals surface area (Å²) in [6.45, 7) is 3.99. The van der Waals surface area contributed by atoms with E-state index in [0.29, 0.717) is 0 Å². The van der Waals surface area contributed by atoms with Crippen LogP contribution in [-0.2, 0) is 6.42 Å². The highest BCUT2D eigenvalue weighted by atomic mass is 16.5. The number of methoxy groups -OCH3 is 1. The lowest BCUT2D eigenvalue weighted by Gasteiger charge is -2.16. The van der Waals surface area contributed by atoms with Crippen molar-refractivity contribution in [3.63, 3.8) is 0 Å². The molecular weight excluding hydrogens is 238 g/mol. The quantitative estimate of drug-likeness (QED) is 0.893. The van der Waals surface area contributed by atoms with Crippen molar-refractivity contribution in [1.82, 2.24) is 5.32 Å². The van der Waals surface area contributed by atoms with Gasteiger partial charge in [-0.25, -0.2) is 0 Å². The van der Waals surface area contributed by atoms with E-state index in [1.54, 1.807) is 7.11 Å². The van der Waals surface area contributed by atoms with Crippen molar-refractivity contribution in [1.29, 1.82) is 0 Å². The molecule has 0 fully saturated rings. The molecule has 1 N–H and O–H groups in total. The Morgan fingerprint density at radius 2 is 2.05 bits per heavy atom. The average Bonchev–Trinajstić information content (AvgIpc) is 2.75. The summed E-state index contributed by atoms with van der Waals surface area (Å²) in [5.74, 6) is 2.84. The number of nitrogens with one attached hydrogen (secondary N) is 1. The summed E-state index contributed by atoms with van der Waals surface area (Å²) in [5, 5.41) is 3.36. The molecule has 0 amide bonds. The first-order valence-corrected chi connectivity index (χ1v) is 6.51. The van der Waals surface area contributed by atoms with Gasteiger partial charge in [-0.05, 0) is 51.1 Å². The molecule has 0 spiro atoms. The monoisotopic (exact) mass is 259 g/mol. The number of furan rings is 1. The SMILES string of the molecule is CNC(Cc1cccc(OC)c1)c1cc(C)oc1C. The second-order valence-corrected chi connectivity index (χ2v) is 4.77. The molecular formula is C16H21NO2. The van der Waals surface area contributed by atoms with Gasteiger partial charge in [0, 0.05) is 11.6 Å². The summed E-state index contributed by atoms with van der Waals surface area (Å²) in [6, 6.07) is 10.5. The molecule has 1 heterocycles. The topological polar surface area (TPSA) is 34.4 Å². The standard InChI is InChI=1S/C16H21NO2/c1-11-8-15(12(2)19-11)16(17-3)10-13-6-5-7-14(9-13)18-4/h5-9,16-17H,10H2,1-4H3. The third kappa shape index (κ3) is 3.18. The molecule has 0 aliphatic rings. The van der Waals surface area contributed by atoms with Crippen LogP contribution in [0.25, 0.3) is 0 Å². The second kappa shape index (κ2) is 5.93. The lowest BCUT2D eigenvalue weighted by atomic mass is 9.99. The Balaban J connectivity index is 2.21. The van der Waals surface area contributed by atoms with E-state index in [0.717, 1.165) is 23.7 Å². The van der Waals surface area contributed by atoms with Crippen LogP contribution in [0.15, 0.2) is 34.7 Å². The van der Waals surface area contributed by atoms with E-state index in [-0.39, 0.29) is 6.04 Å². The summed E-state index contributed by atoms with van der Waals surface area (Å²) >= 11 is 0. The summed E-state index contributed by atoms with van der Waals surface area (Å²) in [6.07, 6.45) is 0.910. The van der Waals surface area contributed by atoms with E-state index < -0.39 is 0 Å². The lowest BCUT2D eigenvalue weighted by Crippen LogP contribution is -2.19. The van der Waals surface area contributed by atoms with E-state index in [4.69, 9.17) is 9.15 Å². The van der Waals surface area contributed by atoms with Crippen LogP contribution in [0.5, 0.6) is 5.75 Å². The highest BCUT2D eigenvalue weighted by molar-refractivity contribution is 5.31. The Morgan fingerprint density at radius 3 is 2.63 bits per heavy atom. The van der Waals surface area contributed by atoms with Crippen LogP contribution in [0.4, 0.5) is 0 Å².